The standard InChI is InChI=1S/C25H24ClFN2O3/c26-23-14-21(27)10-11-22(23)25(31)28-13-12-24(30)29-15-18-6-8-20(9-7-18)17-32-16-19-4-2-1-3-5-19/h1-11,14H,12-13,15-17H2,(H,28,31)(H,29,30). The average Bonchev–Trinajstić information content (AvgIpc) is 2.79. The second kappa shape index (κ2) is 12.0. The fraction of sp³-hybridized carbons (Fsp3) is 0.200. The van der Waals surface area contributed by atoms with Crippen molar-refractivity contribution in [2.75, 3.05) is 6.54 Å². The monoisotopic (exact) mass is 454 g/mol. The van der Waals surface area contributed by atoms with Crippen LogP contribution in [0.1, 0.15) is 33.5 Å². The number of amides is 2. The minimum absolute atomic E-state index is 0.0286. The number of nitrogens with one attached hydrogen (secondary N) is 2. The highest BCUT2D eigenvalue weighted by molar-refractivity contribution is 6.33. The fourth-order valence-electron chi connectivity index (χ4n) is 2.96. The first-order valence-corrected chi connectivity index (χ1v) is 10.6. The van der Waals surface area contributed by atoms with Crippen LogP contribution in [0.3, 0.4) is 0 Å². The zero-order valence-electron chi connectivity index (χ0n) is 17.4. The van der Waals surface area contributed by atoms with Crippen LogP contribution >= 0.6 is 11.6 Å². The van der Waals surface area contributed by atoms with E-state index in [1.54, 1.807) is 0 Å². The molecule has 3 aromatic rings. The van der Waals surface area contributed by atoms with Crippen LogP contribution in [-0.4, -0.2) is 18.4 Å². The third-order valence-corrected chi connectivity index (χ3v) is 5.02. The van der Waals surface area contributed by atoms with Crippen molar-refractivity contribution in [1.29, 1.82) is 0 Å². The molecule has 0 heterocycles. The zero-order chi connectivity index (χ0) is 22.8. The number of carbonyl (C=O) groups excluding carboxylic acids is 2. The molecule has 5 nitrogen and oxygen atoms in total. The molecule has 0 saturated heterocycles. The van der Waals surface area contributed by atoms with Gasteiger partial charge in [-0.1, -0.05) is 66.2 Å². The maximum Gasteiger partial charge on any atom is 0.252 e. The van der Waals surface area contributed by atoms with Crippen molar-refractivity contribution in [2.45, 2.75) is 26.2 Å². The fourth-order valence-corrected chi connectivity index (χ4v) is 3.21. The van der Waals surface area contributed by atoms with Crippen LogP contribution in [0.4, 0.5) is 4.39 Å². The third-order valence-electron chi connectivity index (χ3n) is 4.71. The molecule has 0 aliphatic heterocycles. The minimum atomic E-state index is -0.515. The molecule has 0 aliphatic carbocycles. The number of hydrogen-bond donors (Lipinski definition) is 2. The van der Waals surface area contributed by atoms with Crippen molar-refractivity contribution in [1.82, 2.24) is 10.6 Å². The minimum Gasteiger partial charge on any atom is -0.372 e. The average molecular weight is 455 g/mol. The largest absolute Gasteiger partial charge is 0.372 e. The molecule has 0 aliphatic rings. The zero-order valence-corrected chi connectivity index (χ0v) is 18.2. The van der Waals surface area contributed by atoms with E-state index >= 15 is 0 Å². The van der Waals surface area contributed by atoms with Crippen LogP contribution < -0.4 is 10.6 Å². The van der Waals surface area contributed by atoms with Gasteiger partial charge in [-0.05, 0) is 34.9 Å². The van der Waals surface area contributed by atoms with Crippen molar-refractivity contribution in [3.63, 3.8) is 0 Å². The summed E-state index contributed by atoms with van der Waals surface area (Å²) >= 11 is 5.86. The van der Waals surface area contributed by atoms with E-state index in [4.69, 9.17) is 16.3 Å². The number of rotatable bonds is 10. The van der Waals surface area contributed by atoms with E-state index in [2.05, 4.69) is 10.6 Å². The molecule has 7 heteroatoms. The Hall–Kier alpha value is -3.22. The molecule has 32 heavy (non-hydrogen) atoms. The third kappa shape index (κ3) is 7.48. The van der Waals surface area contributed by atoms with Crippen molar-refractivity contribution >= 4 is 23.4 Å². The summed E-state index contributed by atoms with van der Waals surface area (Å²) in [5, 5.41) is 5.45. The maximum absolute atomic E-state index is 13.1. The van der Waals surface area contributed by atoms with Gasteiger partial charge in [0.15, 0.2) is 0 Å². The van der Waals surface area contributed by atoms with E-state index in [0.29, 0.717) is 19.8 Å². The van der Waals surface area contributed by atoms with Gasteiger partial charge in [-0.2, -0.15) is 0 Å². The van der Waals surface area contributed by atoms with Gasteiger partial charge in [-0.25, -0.2) is 4.39 Å². The van der Waals surface area contributed by atoms with Crippen LogP contribution in [0.15, 0.2) is 72.8 Å². The molecule has 0 aromatic heterocycles. The summed E-state index contributed by atoms with van der Waals surface area (Å²) in [6, 6.07) is 21.4. The number of carbonyl (C=O) groups is 2. The molecule has 0 saturated carbocycles. The molecule has 166 valence electrons. The van der Waals surface area contributed by atoms with Crippen molar-refractivity contribution in [2.24, 2.45) is 0 Å². The van der Waals surface area contributed by atoms with Gasteiger partial charge in [0.2, 0.25) is 5.91 Å². The van der Waals surface area contributed by atoms with Gasteiger partial charge in [0.05, 0.1) is 23.8 Å². The highest BCUT2D eigenvalue weighted by atomic mass is 35.5. The summed E-state index contributed by atoms with van der Waals surface area (Å²) in [4.78, 5) is 24.1. The van der Waals surface area contributed by atoms with E-state index in [1.165, 1.54) is 6.07 Å². The summed E-state index contributed by atoms with van der Waals surface area (Å²) in [7, 11) is 0. The van der Waals surface area contributed by atoms with Gasteiger partial charge in [-0.3, -0.25) is 9.59 Å². The lowest BCUT2D eigenvalue weighted by Crippen LogP contribution is -2.30. The summed E-state index contributed by atoms with van der Waals surface area (Å²) in [5.74, 6) is -1.16. The number of ether oxygens (including phenoxy) is 1. The summed E-state index contributed by atoms with van der Waals surface area (Å²) in [6.45, 7) is 1.61. The summed E-state index contributed by atoms with van der Waals surface area (Å²) in [5.41, 5.74) is 3.32. The maximum atomic E-state index is 13.1. The Kier molecular flexibility index (Phi) is 8.78. The Labute approximate surface area is 191 Å². The number of halogens is 2. The van der Waals surface area contributed by atoms with E-state index in [0.717, 1.165) is 28.8 Å². The lowest BCUT2D eigenvalue weighted by molar-refractivity contribution is -0.121. The quantitative estimate of drug-likeness (QED) is 0.469. The Morgan fingerprint density at radius 1 is 0.844 bits per heavy atom. The van der Waals surface area contributed by atoms with Crippen LogP contribution in [-0.2, 0) is 29.3 Å². The van der Waals surface area contributed by atoms with Crippen molar-refractivity contribution in [3.05, 3.63) is 106 Å². The van der Waals surface area contributed by atoms with Gasteiger partial charge in [0.1, 0.15) is 5.82 Å². The van der Waals surface area contributed by atoms with E-state index in [9.17, 15) is 14.0 Å². The van der Waals surface area contributed by atoms with Crippen LogP contribution in [0.5, 0.6) is 0 Å². The molecule has 0 unspecified atom stereocenters. The van der Waals surface area contributed by atoms with Crippen LogP contribution in [0.25, 0.3) is 0 Å². The SMILES string of the molecule is O=C(CCNC(=O)c1ccc(F)cc1Cl)NCc1ccc(COCc2ccccc2)cc1. The highest BCUT2D eigenvalue weighted by Gasteiger charge is 2.11. The Bertz CT molecular complexity index is 1040. The van der Waals surface area contributed by atoms with Crippen LogP contribution in [0.2, 0.25) is 5.02 Å². The summed E-state index contributed by atoms with van der Waals surface area (Å²) in [6.07, 6.45) is 0.121. The molecule has 0 spiro atoms. The Morgan fingerprint density at radius 2 is 1.50 bits per heavy atom. The van der Waals surface area contributed by atoms with Gasteiger partial charge >= 0.3 is 0 Å². The lowest BCUT2D eigenvalue weighted by atomic mass is 10.1. The lowest BCUT2D eigenvalue weighted by Gasteiger charge is -2.09. The highest BCUT2D eigenvalue weighted by Crippen LogP contribution is 2.17. The van der Waals surface area contributed by atoms with Crippen molar-refractivity contribution < 1.29 is 18.7 Å². The molecule has 0 atom stereocenters. The van der Waals surface area contributed by atoms with Gasteiger partial charge < -0.3 is 15.4 Å². The second-order valence-electron chi connectivity index (χ2n) is 7.20. The molecule has 0 bridgehead atoms. The predicted molar refractivity (Wildman–Crippen MR) is 122 cm³/mol. The molecule has 3 aromatic carbocycles. The van der Waals surface area contributed by atoms with Gasteiger partial charge in [0, 0.05) is 19.5 Å². The number of hydrogen-bond acceptors (Lipinski definition) is 3. The van der Waals surface area contributed by atoms with E-state index in [1.807, 2.05) is 54.6 Å². The number of benzene rings is 3. The first-order valence-electron chi connectivity index (χ1n) is 10.2. The summed E-state index contributed by atoms with van der Waals surface area (Å²) < 4.78 is 18.8. The first-order chi connectivity index (χ1) is 15.5. The molecule has 2 N–H and O–H groups in total. The first kappa shape index (κ1) is 23.4. The molecular formula is C25H24ClFN2O3. The topological polar surface area (TPSA) is 67.4 Å². The molecular weight excluding hydrogens is 431 g/mol. The Balaban J connectivity index is 1.34. The van der Waals surface area contributed by atoms with E-state index in [-0.39, 0.29) is 29.5 Å². The molecule has 3 rings (SSSR count). The predicted octanol–water partition coefficient (Wildman–Crippen LogP) is 4.63. The van der Waals surface area contributed by atoms with E-state index < -0.39 is 11.7 Å². The Morgan fingerprint density at radius 3 is 2.19 bits per heavy atom. The normalized spacial score (nSPS) is 10.6. The molecule has 2 amide bonds. The second-order valence-corrected chi connectivity index (χ2v) is 7.61. The van der Waals surface area contributed by atoms with Crippen molar-refractivity contribution in [3.8, 4) is 0 Å². The molecule has 0 radical (unpaired) electrons. The van der Waals surface area contributed by atoms with Gasteiger partial charge in [0.25, 0.3) is 5.91 Å². The van der Waals surface area contributed by atoms with Gasteiger partial charge in [-0.15, -0.1) is 0 Å². The molecule has 0 fully saturated rings. The smallest absolute Gasteiger partial charge is 0.252 e. The van der Waals surface area contributed by atoms with Crippen LogP contribution in [0, 0.1) is 5.82 Å².